The van der Waals surface area contributed by atoms with Crippen molar-refractivity contribution in [3.63, 3.8) is 0 Å². The minimum atomic E-state index is -4.58. The number of nitrogens with one attached hydrogen (secondary N) is 1. The van der Waals surface area contributed by atoms with Gasteiger partial charge in [0.15, 0.2) is 0 Å². The predicted octanol–water partition coefficient (Wildman–Crippen LogP) is 4.75. The van der Waals surface area contributed by atoms with Gasteiger partial charge in [-0.15, -0.1) is 0 Å². The lowest BCUT2D eigenvalue weighted by molar-refractivity contribution is -0.386. The number of methoxy groups -OCH3 is 1. The summed E-state index contributed by atoms with van der Waals surface area (Å²) in [5.74, 6) is 0.0326. The van der Waals surface area contributed by atoms with Gasteiger partial charge in [0.25, 0.3) is 11.2 Å². The fraction of sp³-hybridized carbons (Fsp3) is 0.143. The van der Waals surface area contributed by atoms with Crippen molar-refractivity contribution in [2.24, 2.45) is 0 Å². The maximum Gasteiger partial charge on any atom is 0.417 e. The van der Waals surface area contributed by atoms with E-state index in [0.29, 0.717) is 0 Å². The first-order valence-electron chi connectivity index (χ1n) is 8.94. The van der Waals surface area contributed by atoms with Crippen LogP contribution < -0.4 is 5.56 Å². The van der Waals surface area contributed by atoms with Crippen LogP contribution >= 0.6 is 0 Å². The summed E-state index contributed by atoms with van der Waals surface area (Å²) in [4.78, 5) is 25.2. The zero-order valence-corrected chi connectivity index (χ0v) is 16.4. The summed E-state index contributed by atoms with van der Waals surface area (Å²) in [7, 11) is 1.25. The fourth-order valence-corrected chi connectivity index (χ4v) is 3.09. The number of nitro groups is 1. The number of hydrogen-bond donors (Lipinski definition) is 1. The van der Waals surface area contributed by atoms with Gasteiger partial charge in [-0.1, -0.05) is 18.2 Å². The minimum absolute atomic E-state index is 0.0551. The van der Waals surface area contributed by atoms with E-state index in [1.807, 2.05) is 0 Å². The van der Waals surface area contributed by atoms with Crippen LogP contribution in [-0.4, -0.2) is 17.0 Å². The van der Waals surface area contributed by atoms with E-state index in [9.17, 15) is 28.1 Å². The fourth-order valence-electron chi connectivity index (χ4n) is 3.09. The Balaban J connectivity index is 2.04. The van der Waals surface area contributed by atoms with Gasteiger partial charge in [-0.05, 0) is 30.4 Å². The third-order valence-electron chi connectivity index (χ3n) is 4.44. The molecule has 1 N–H and O–H groups in total. The molecule has 1 aromatic carbocycles. The molecule has 0 fully saturated rings. The molecule has 0 aliphatic heterocycles. The van der Waals surface area contributed by atoms with Gasteiger partial charge in [0.2, 0.25) is 0 Å². The number of benzene rings is 1. The highest BCUT2D eigenvalue weighted by atomic mass is 19.4. The van der Waals surface area contributed by atoms with E-state index in [-0.39, 0.29) is 34.9 Å². The average Bonchev–Trinajstić information content (AvgIpc) is 3.20. The molecule has 11 heteroatoms. The molecule has 3 aromatic rings. The molecule has 0 saturated heterocycles. The molecular formula is C21H14F3N3O5. The van der Waals surface area contributed by atoms with Gasteiger partial charge in [-0.25, -0.2) is 0 Å². The second kappa shape index (κ2) is 8.91. The number of aromatic amines is 1. The quantitative estimate of drug-likeness (QED) is 0.432. The number of furan rings is 1. The van der Waals surface area contributed by atoms with Gasteiger partial charge in [0, 0.05) is 12.7 Å². The number of rotatable bonds is 6. The van der Waals surface area contributed by atoms with E-state index in [2.05, 4.69) is 4.98 Å². The lowest BCUT2D eigenvalue weighted by Gasteiger charge is -2.10. The molecule has 0 radical (unpaired) electrons. The Morgan fingerprint density at radius 2 is 1.97 bits per heavy atom. The third-order valence-corrected chi connectivity index (χ3v) is 4.44. The second-order valence-corrected chi connectivity index (χ2v) is 6.45. The van der Waals surface area contributed by atoms with E-state index in [0.717, 1.165) is 12.1 Å². The van der Waals surface area contributed by atoms with E-state index in [1.54, 1.807) is 6.07 Å². The van der Waals surface area contributed by atoms with Gasteiger partial charge < -0.3 is 14.1 Å². The van der Waals surface area contributed by atoms with Gasteiger partial charge >= 0.3 is 6.18 Å². The largest absolute Gasteiger partial charge is 0.457 e. The van der Waals surface area contributed by atoms with Crippen LogP contribution in [0, 0.1) is 21.4 Å². The molecular weight excluding hydrogens is 431 g/mol. The Kier molecular flexibility index (Phi) is 6.27. The van der Waals surface area contributed by atoms with E-state index in [1.165, 1.54) is 43.5 Å². The summed E-state index contributed by atoms with van der Waals surface area (Å²) >= 11 is 0. The standard InChI is InChI=1S/C21H14F3N3O5/c1-31-11-15-14(10-25)20(28)26-17(19(15)27(29)30)8-6-12-7-9-18(32-12)13-4-2-3-5-16(13)21(22,23)24/h2-9H,11H2,1H3,(H,26,28)/b8-6+. The number of aromatic nitrogens is 1. The average molecular weight is 445 g/mol. The van der Waals surface area contributed by atoms with Crippen molar-refractivity contribution in [2.45, 2.75) is 12.8 Å². The Labute approximate surface area is 178 Å². The lowest BCUT2D eigenvalue weighted by atomic mass is 10.1. The first kappa shape index (κ1) is 22.5. The lowest BCUT2D eigenvalue weighted by Crippen LogP contribution is -2.18. The Morgan fingerprint density at radius 3 is 2.59 bits per heavy atom. The number of pyridine rings is 1. The highest BCUT2D eigenvalue weighted by Crippen LogP contribution is 2.37. The maximum atomic E-state index is 13.2. The number of nitriles is 1. The van der Waals surface area contributed by atoms with Crippen LogP contribution in [0.2, 0.25) is 0 Å². The van der Waals surface area contributed by atoms with Crippen molar-refractivity contribution < 1.29 is 27.2 Å². The van der Waals surface area contributed by atoms with Crippen molar-refractivity contribution in [1.29, 1.82) is 5.26 Å². The Hall–Kier alpha value is -4.17. The molecule has 0 amide bonds. The summed E-state index contributed by atoms with van der Waals surface area (Å²) < 4.78 is 50.1. The molecule has 0 aliphatic rings. The summed E-state index contributed by atoms with van der Waals surface area (Å²) in [5.41, 5.74) is -3.28. The molecule has 0 saturated carbocycles. The molecule has 32 heavy (non-hydrogen) atoms. The smallest absolute Gasteiger partial charge is 0.417 e. The van der Waals surface area contributed by atoms with E-state index in [4.69, 9.17) is 14.4 Å². The van der Waals surface area contributed by atoms with Gasteiger partial charge in [0.05, 0.1) is 22.7 Å². The van der Waals surface area contributed by atoms with Gasteiger partial charge in [-0.2, -0.15) is 18.4 Å². The van der Waals surface area contributed by atoms with Gasteiger partial charge in [-0.3, -0.25) is 14.9 Å². The summed E-state index contributed by atoms with van der Waals surface area (Å²) in [6.45, 7) is -0.344. The van der Waals surface area contributed by atoms with Crippen LogP contribution in [0.4, 0.5) is 18.9 Å². The van der Waals surface area contributed by atoms with Crippen LogP contribution in [-0.2, 0) is 17.5 Å². The molecule has 0 bridgehead atoms. The minimum Gasteiger partial charge on any atom is -0.457 e. The summed E-state index contributed by atoms with van der Waals surface area (Å²) in [6, 6.07) is 9.21. The number of ether oxygens (including phenoxy) is 1. The molecule has 0 unspecified atom stereocenters. The number of alkyl halides is 3. The van der Waals surface area contributed by atoms with Crippen LogP contribution in [0.25, 0.3) is 23.5 Å². The molecule has 2 aromatic heterocycles. The normalized spacial score (nSPS) is 11.6. The van der Waals surface area contributed by atoms with Crippen LogP contribution in [0.5, 0.6) is 0 Å². The molecule has 2 heterocycles. The molecule has 3 rings (SSSR count). The number of H-pyrrole nitrogens is 1. The van der Waals surface area contributed by atoms with E-state index < -0.39 is 33.5 Å². The topological polar surface area (TPSA) is 122 Å². The van der Waals surface area contributed by atoms with E-state index >= 15 is 0 Å². The Bertz CT molecular complexity index is 1300. The summed E-state index contributed by atoms with van der Waals surface area (Å²) in [5, 5.41) is 20.7. The molecule has 0 aliphatic carbocycles. The highest BCUT2D eigenvalue weighted by molar-refractivity contribution is 5.74. The highest BCUT2D eigenvalue weighted by Gasteiger charge is 2.34. The SMILES string of the molecule is COCc1c([N+](=O)[O-])c(/C=C/c2ccc(-c3ccccc3C(F)(F)F)o2)[nH]c(=O)c1C#N. The Morgan fingerprint density at radius 1 is 1.25 bits per heavy atom. The number of nitrogens with zero attached hydrogens (tertiary/aromatic N) is 2. The molecule has 8 nitrogen and oxygen atoms in total. The van der Waals surface area contributed by atoms with Crippen molar-refractivity contribution in [3.8, 4) is 17.4 Å². The first-order valence-corrected chi connectivity index (χ1v) is 8.94. The number of halogens is 3. The monoisotopic (exact) mass is 445 g/mol. The van der Waals surface area contributed by atoms with Crippen molar-refractivity contribution >= 4 is 17.8 Å². The second-order valence-electron chi connectivity index (χ2n) is 6.45. The van der Waals surface area contributed by atoms with Crippen molar-refractivity contribution in [2.75, 3.05) is 7.11 Å². The third kappa shape index (κ3) is 4.45. The molecule has 164 valence electrons. The molecule has 0 atom stereocenters. The van der Waals surface area contributed by atoms with Crippen LogP contribution in [0.15, 0.2) is 45.6 Å². The number of hydrogen-bond acceptors (Lipinski definition) is 6. The van der Waals surface area contributed by atoms with Crippen molar-refractivity contribution in [1.82, 2.24) is 4.98 Å². The first-order chi connectivity index (χ1) is 15.2. The predicted molar refractivity (Wildman–Crippen MR) is 107 cm³/mol. The molecule has 0 spiro atoms. The summed E-state index contributed by atoms with van der Waals surface area (Å²) in [6.07, 6.45) is -2.17. The van der Waals surface area contributed by atoms with Gasteiger partial charge in [0.1, 0.15) is 28.8 Å². The van der Waals surface area contributed by atoms with Crippen molar-refractivity contribution in [3.05, 3.63) is 85.0 Å². The van der Waals surface area contributed by atoms with Crippen LogP contribution in [0.3, 0.4) is 0 Å². The zero-order valence-electron chi connectivity index (χ0n) is 16.4. The zero-order chi connectivity index (χ0) is 23.5. The van der Waals surface area contributed by atoms with Crippen LogP contribution in [0.1, 0.15) is 28.1 Å². The maximum absolute atomic E-state index is 13.2.